The summed E-state index contributed by atoms with van der Waals surface area (Å²) in [4.78, 5) is 24.6. The van der Waals surface area contributed by atoms with Crippen molar-refractivity contribution in [3.63, 3.8) is 0 Å². The van der Waals surface area contributed by atoms with Gasteiger partial charge in [0.1, 0.15) is 11.2 Å². The molecule has 18 heavy (non-hydrogen) atoms. The van der Waals surface area contributed by atoms with E-state index in [2.05, 4.69) is 0 Å². The van der Waals surface area contributed by atoms with Gasteiger partial charge in [0.15, 0.2) is 6.29 Å². The Balaban J connectivity index is 2.53. The maximum absolute atomic E-state index is 11.8. The number of hydrogen-bond donors (Lipinski definition) is 0. The average molecular weight is 257 g/mol. The normalized spacial score (nSPS) is 19.4. The van der Waals surface area contributed by atoms with Crippen LogP contribution in [0.25, 0.3) is 0 Å². The first-order chi connectivity index (χ1) is 8.32. The lowest BCUT2D eigenvalue weighted by Crippen LogP contribution is -2.50. The molecule has 1 fully saturated rings. The van der Waals surface area contributed by atoms with Crippen molar-refractivity contribution in [3.8, 4) is 0 Å². The van der Waals surface area contributed by atoms with Crippen LogP contribution in [0.5, 0.6) is 0 Å². The topological polar surface area (TPSA) is 55.8 Å². The summed E-state index contributed by atoms with van der Waals surface area (Å²) in [6.45, 7) is 8.87. The van der Waals surface area contributed by atoms with E-state index in [0.29, 0.717) is 32.5 Å². The van der Waals surface area contributed by atoms with Gasteiger partial charge >= 0.3 is 6.09 Å². The fourth-order valence-electron chi connectivity index (χ4n) is 1.98. The zero-order valence-electron chi connectivity index (χ0n) is 11.7. The summed E-state index contributed by atoms with van der Waals surface area (Å²) >= 11 is 0. The molecule has 0 aromatic carbocycles. The van der Waals surface area contributed by atoms with Crippen LogP contribution in [0.4, 0.5) is 4.79 Å². The highest BCUT2D eigenvalue weighted by Gasteiger charge is 2.37. The van der Waals surface area contributed by atoms with E-state index in [0.717, 1.165) is 6.29 Å². The van der Waals surface area contributed by atoms with Gasteiger partial charge in [-0.15, -0.1) is 0 Å². The van der Waals surface area contributed by atoms with Crippen LogP contribution in [-0.2, 0) is 14.3 Å². The summed E-state index contributed by atoms with van der Waals surface area (Å²) in [5.41, 5.74) is -1.20. The standard InChI is InChI=1S/C13H23NO4/c1-5-17-13(10-15)6-8-14(9-7-13)11(16)18-12(2,3)4/h10H,5-9H2,1-4H3. The van der Waals surface area contributed by atoms with Crippen molar-refractivity contribution in [2.45, 2.75) is 51.7 Å². The molecule has 0 aromatic heterocycles. The molecule has 104 valence electrons. The summed E-state index contributed by atoms with van der Waals surface area (Å²) in [6.07, 6.45) is 1.61. The summed E-state index contributed by atoms with van der Waals surface area (Å²) < 4.78 is 10.8. The maximum atomic E-state index is 11.8. The monoisotopic (exact) mass is 257 g/mol. The molecule has 0 aromatic rings. The molecule has 1 heterocycles. The molecule has 1 amide bonds. The van der Waals surface area contributed by atoms with E-state index >= 15 is 0 Å². The van der Waals surface area contributed by atoms with Crippen LogP contribution < -0.4 is 0 Å². The van der Waals surface area contributed by atoms with Gasteiger partial charge in [-0.1, -0.05) is 0 Å². The van der Waals surface area contributed by atoms with Gasteiger partial charge in [-0.25, -0.2) is 4.79 Å². The van der Waals surface area contributed by atoms with Crippen LogP contribution in [0, 0.1) is 0 Å². The number of amides is 1. The Morgan fingerprint density at radius 3 is 2.28 bits per heavy atom. The molecule has 1 aliphatic heterocycles. The Bertz CT molecular complexity index is 301. The van der Waals surface area contributed by atoms with Gasteiger partial charge in [0.25, 0.3) is 0 Å². The minimum absolute atomic E-state index is 0.321. The molecular weight excluding hydrogens is 234 g/mol. The molecule has 0 N–H and O–H groups in total. The molecule has 0 unspecified atom stereocenters. The molecular formula is C13H23NO4. The predicted molar refractivity (Wildman–Crippen MR) is 67.5 cm³/mol. The van der Waals surface area contributed by atoms with Crippen LogP contribution in [0.3, 0.4) is 0 Å². The lowest BCUT2D eigenvalue weighted by Gasteiger charge is -2.38. The lowest BCUT2D eigenvalue weighted by atomic mass is 9.93. The number of ether oxygens (including phenoxy) is 2. The molecule has 1 aliphatic rings. The first kappa shape index (κ1) is 15.0. The number of carbonyl (C=O) groups excluding carboxylic acids is 2. The van der Waals surface area contributed by atoms with Crippen LogP contribution >= 0.6 is 0 Å². The second-order valence-electron chi connectivity index (χ2n) is 5.58. The third-order valence-electron chi connectivity index (χ3n) is 2.91. The van der Waals surface area contributed by atoms with Gasteiger partial charge in [0.2, 0.25) is 0 Å². The number of nitrogens with zero attached hydrogens (tertiary/aromatic N) is 1. The number of likely N-dealkylation sites (tertiary alicyclic amines) is 1. The van der Waals surface area contributed by atoms with Gasteiger partial charge in [-0.05, 0) is 27.7 Å². The van der Waals surface area contributed by atoms with Gasteiger partial charge in [0, 0.05) is 32.5 Å². The molecule has 5 nitrogen and oxygen atoms in total. The zero-order valence-corrected chi connectivity index (χ0v) is 11.7. The Hall–Kier alpha value is -1.10. The summed E-state index contributed by atoms with van der Waals surface area (Å²) in [5, 5.41) is 0. The molecule has 0 atom stereocenters. The second kappa shape index (κ2) is 5.69. The van der Waals surface area contributed by atoms with Crippen LogP contribution in [0.1, 0.15) is 40.5 Å². The van der Waals surface area contributed by atoms with E-state index in [1.54, 1.807) is 4.90 Å². The molecule has 0 radical (unpaired) electrons. The maximum Gasteiger partial charge on any atom is 0.410 e. The third-order valence-corrected chi connectivity index (χ3v) is 2.91. The van der Waals surface area contributed by atoms with Gasteiger partial charge in [-0.2, -0.15) is 0 Å². The molecule has 0 spiro atoms. The van der Waals surface area contributed by atoms with Crippen LogP contribution in [-0.4, -0.2) is 48.2 Å². The van der Waals surface area contributed by atoms with E-state index in [1.165, 1.54) is 0 Å². The first-order valence-corrected chi connectivity index (χ1v) is 6.40. The van der Waals surface area contributed by atoms with Crippen molar-refractivity contribution in [2.24, 2.45) is 0 Å². The molecule has 5 heteroatoms. The molecule has 0 saturated carbocycles. The number of aldehydes is 1. The van der Waals surface area contributed by atoms with Crippen molar-refractivity contribution in [1.29, 1.82) is 0 Å². The minimum atomic E-state index is -0.715. The molecule has 1 saturated heterocycles. The van der Waals surface area contributed by atoms with Crippen molar-refractivity contribution in [2.75, 3.05) is 19.7 Å². The Labute approximate surface area is 108 Å². The van der Waals surface area contributed by atoms with Crippen LogP contribution in [0.2, 0.25) is 0 Å². The van der Waals surface area contributed by atoms with Crippen molar-refractivity contribution >= 4 is 12.4 Å². The highest BCUT2D eigenvalue weighted by atomic mass is 16.6. The largest absolute Gasteiger partial charge is 0.444 e. The van der Waals surface area contributed by atoms with Crippen molar-refractivity contribution < 1.29 is 19.1 Å². The highest BCUT2D eigenvalue weighted by Crippen LogP contribution is 2.25. The van der Waals surface area contributed by atoms with E-state index in [1.807, 2.05) is 27.7 Å². The Kier molecular flexibility index (Phi) is 4.73. The number of piperidine rings is 1. The zero-order chi connectivity index (χ0) is 13.8. The van der Waals surface area contributed by atoms with Crippen LogP contribution in [0.15, 0.2) is 0 Å². The quantitative estimate of drug-likeness (QED) is 0.726. The first-order valence-electron chi connectivity index (χ1n) is 6.40. The van der Waals surface area contributed by atoms with Crippen molar-refractivity contribution in [1.82, 2.24) is 4.90 Å². The summed E-state index contributed by atoms with van der Waals surface area (Å²) in [5.74, 6) is 0. The Morgan fingerprint density at radius 2 is 1.89 bits per heavy atom. The number of carbonyl (C=O) groups is 2. The smallest absolute Gasteiger partial charge is 0.410 e. The fraction of sp³-hybridized carbons (Fsp3) is 0.846. The highest BCUT2D eigenvalue weighted by molar-refractivity contribution is 5.69. The van der Waals surface area contributed by atoms with E-state index in [9.17, 15) is 9.59 Å². The number of hydrogen-bond acceptors (Lipinski definition) is 4. The second-order valence-corrected chi connectivity index (χ2v) is 5.58. The third kappa shape index (κ3) is 3.98. The number of rotatable bonds is 3. The molecule has 0 aliphatic carbocycles. The Morgan fingerprint density at radius 1 is 1.33 bits per heavy atom. The SMILES string of the molecule is CCOC1(C=O)CCN(C(=O)OC(C)(C)C)CC1. The van der Waals surface area contributed by atoms with E-state index < -0.39 is 11.2 Å². The lowest BCUT2D eigenvalue weighted by molar-refractivity contribution is -0.137. The predicted octanol–water partition coefficient (Wildman–Crippen LogP) is 1.99. The minimum Gasteiger partial charge on any atom is -0.444 e. The van der Waals surface area contributed by atoms with Gasteiger partial charge < -0.3 is 19.2 Å². The fourth-order valence-corrected chi connectivity index (χ4v) is 1.98. The van der Waals surface area contributed by atoms with E-state index in [4.69, 9.17) is 9.47 Å². The van der Waals surface area contributed by atoms with Gasteiger partial charge in [0.05, 0.1) is 0 Å². The summed E-state index contributed by atoms with van der Waals surface area (Å²) in [6, 6.07) is 0. The van der Waals surface area contributed by atoms with E-state index in [-0.39, 0.29) is 6.09 Å². The van der Waals surface area contributed by atoms with Crippen molar-refractivity contribution in [3.05, 3.63) is 0 Å². The summed E-state index contributed by atoms with van der Waals surface area (Å²) in [7, 11) is 0. The van der Waals surface area contributed by atoms with Gasteiger partial charge in [-0.3, -0.25) is 0 Å². The molecule has 0 bridgehead atoms. The molecule has 1 rings (SSSR count). The average Bonchev–Trinajstić information content (AvgIpc) is 2.28.